The minimum atomic E-state index is -2.80. The number of amides is 2. The van der Waals surface area contributed by atoms with E-state index in [2.05, 4.69) is 37.6 Å². The Balaban J connectivity index is 0.915. The fourth-order valence-corrected chi connectivity index (χ4v) is 9.06. The summed E-state index contributed by atoms with van der Waals surface area (Å²) in [5.41, 5.74) is 3.30. The Labute approximate surface area is 315 Å². The van der Waals surface area contributed by atoms with Gasteiger partial charge in [-0.15, -0.1) is 5.10 Å². The summed E-state index contributed by atoms with van der Waals surface area (Å²) >= 11 is 0. The van der Waals surface area contributed by atoms with Crippen LogP contribution in [0.2, 0.25) is 0 Å². The summed E-state index contributed by atoms with van der Waals surface area (Å²) in [6.07, 6.45) is 5.80. The highest BCUT2D eigenvalue weighted by Gasteiger charge is 2.63. The fraction of sp³-hybridized carbons (Fsp3) is 0.641. The van der Waals surface area contributed by atoms with Crippen molar-refractivity contribution in [2.45, 2.75) is 95.6 Å². The van der Waals surface area contributed by atoms with Gasteiger partial charge in [0.1, 0.15) is 5.60 Å². The number of ether oxygens (including phenoxy) is 2. The van der Waals surface area contributed by atoms with Crippen LogP contribution >= 0.6 is 0 Å². The number of hydrogen-bond donors (Lipinski definition) is 2. The lowest BCUT2D eigenvalue weighted by atomic mass is 9.68. The molecule has 2 amide bonds. The van der Waals surface area contributed by atoms with Crippen molar-refractivity contribution in [2.24, 2.45) is 5.41 Å². The lowest BCUT2D eigenvalue weighted by Gasteiger charge is -2.60. The highest BCUT2D eigenvalue weighted by atomic mass is 19.3. The molecule has 1 aliphatic carbocycles. The first kappa shape index (κ1) is 36.9. The van der Waals surface area contributed by atoms with E-state index in [1.54, 1.807) is 22.7 Å². The van der Waals surface area contributed by atoms with Crippen molar-refractivity contribution in [3.63, 3.8) is 0 Å². The van der Waals surface area contributed by atoms with Crippen molar-refractivity contribution in [1.82, 2.24) is 34.6 Å². The van der Waals surface area contributed by atoms with E-state index in [0.29, 0.717) is 69.4 Å². The first-order chi connectivity index (χ1) is 25.8. The van der Waals surface area contributed by atoms with E-state index in [1.165, 1.54) is 0 Å². The smallest absolute Gasteiger partial charge is 0.410 e. The first-order valence-electron chi connectivity index (χ1n) is 19.4. The number of likely N-dealkylation sites (tertiary alicyclic amines) is 3. The Bertz CT molecular complexity index is 1900. The standard InChI is InChI=1S/C39H53F2N9O4/c1-37(2,3)54-36(52)47-15-11-26(12-16-47)48-22-38(23-48)14-18-46(24-39(38,40)41)21-25-7-6-8-30-27(25)13-17-49(30)33-19-29(42-4)34-43-20-31(50(34)45-33)35(51)44-28-9-10-32(28)53-5/h6-8,19-20,26,28,32,42H,9-18,21-24H2,1-5H3,(H,44,51)/t28-,32-/m1/s1. The number of carbonyl (C=O) groups is 2. The Hall–Kier alpha value is -4.08. The number of hydrogen-bond acceptors (Lipinski definition) is 10. The zero-order valence-electron chi connectivity index (χ0n) is 32.0. The van der Waals surface area contributed by atoms with Gasteiger partial charge in [0, 0.05) is 71.2 Å². The van der Waals surface area contributed by atoms with E-state index >= 15 is 8.78 Å². The predicted octanol–water partition coefficient (Wildman–Crippen LogP) is 4.91. The predicted molar refractivity (Wildman–Crippen MR) is 201 cm³/mol. The van der Waals surface area contributed by atoms with Crippen LogP contribution in [-0.2, 0) is 22.4 Å². The molecule has 15 heteroatoms. The molecule has 5 aliphatic rings. The molecule has 1 aromatic carbocycles. The SMILES string of the molecule is CNc1cc(N2CCc3c(CN4CCC5(CN(C6CCN(C(=O)OC(C)(C)C)CC6)C5)C(F)(F)C4)cccc32)nn2c(C(=O)N[C@@H]3CC[C@H]3OC)cnc12. The number of imidazole rings is 1. The Kier molecular flexibility index (Phi) is 9.49. The minimum Gasteiger partial charge on any atom is -0.444 e. The number of benzene rings is 1. The molecule has 0 unspecified atom stereocenters. The molecule has 0 radical (unpaired) electrons. The molecule has 1 saturated carbocycles. The number of alkyl halides is 2. The van der Waals surface area contributed by atoms with Crippen molar-refractivity contribution in [3.05, 3.63) is 47.3 Å². The largest absolute Gasteiger partial charge is 0.444 e. The summed E-state index contributed by atoms with van der Waals surface area (Å²) in [6, 6.07) is 8.22. The van der Waals surface area contributed by atoms with Gasteiger partial charge in [0.15, 0.2) is 17.2 Å². The van der Waals surface area contributed by atoms with Gasteiger partial charge in [0.25, 0.3) is 11.8 Å². The molecule has 1 spiro atoms. The second kappa shape index (κ2) is 13.9. The van der Waals surface area contributed by atoms with E-state index in [-0.39, 0.29) is 36.7 Å². The van der Waals surface area contributed by atoms with E-state index < -0.39 is 16.9 Å². The van der Waals surface area contributed by atoms with Crippen LogP contribution in [0.4, 0.5) is 30.8 Å². The van der Waals surface area contributed by atoms with Crippen molar-refractivity contribution in [3.8, 4) is 0 Å². The third-order valence-corrected chi connectivity index (χ3v) is 12.3. The molecule has 3 aromatic rings. The van der Waals surface area contributed by atoms with E-state index in [4.69, 9.17) is 14.6 Å². The van der Waals surface area contributed by atoms with Gasteiger partial charge >= 0.3 is 6.09 Å². The highest BCUT2D eigenvalue weighted by molar-refractivity contribution is 5.94. The van der Waals surface area contributed by atoms with Gasteiger partial charge in [-0.2, -0.15) is 0 Å². The maximum Gasteiger partial charge on any atom is 0.410 e. The number of methoxy groups -OCH3 is 1. The van der Waals surface area contributed by atoms with Crippen molar-refractivity contribution >= 4 is 34.8 Å². The molecule has 13 nitrogen and oxygen atoms in total. The molecule has 2 atom stereocenters. The topological polar surface area (TPSA) is 120 Å². The van der Waals surface area contributed by atoms with Gasteiger partial charge < -0.3 is 29.9 Å². The number of nitrogens with zero attached hydrogens (tertiary/aromatic N) is 7. The maximum absolute atomic E-state index is 16.1. The molecule has 292 valence electrons. The number of aromatic nitrogens is 3. The Morgan fingerprint density at radius 2 is 1.81 bits per heavy atom. The molecule has 2 aromatic heterocycles. The van der Waals surface area contributed by atoms with Gasteiger partial charge in [0.05, 0.1) is 36.0 Å². The number of nitrogens with one attached hydrogen (secondary N) is 2. The molecule has 4 fully saturated rings. The van der Waals surface area contributed by atoms with Crippen LogP contribution in [0.5, 0.6) is 0 Å². The summed E-state index contributed by atoms with van der Waals surface area (Å²) in [6.45, 7) is 9.06. The van der Waals surface area contributed by atoms with Crippen LogP contribution in [-0.4, -0.2) is 131 Å². The highest BCUT2D eigenvalue weighted by Crippen LogP contribution is 2.51. The molecule has 6 heterocycles. The van der Waals surface area contributed by atoms with Gasteiger partial charge in [-0.25, -0.2) is 23.1 Å². The van der Waals surface area contributed by atoms with Gasteiger partial charge in [0.2, 0.25) is 0 Å². The van der Waals surface area contributed by atoms with Gasteiger partial charge in [-0.3, -0.25) is 14.6 Å². The third-order valence-electron chi connectivity index (χ3n) is 12.3. The molecular weight excluding hydrogens is 696 g/mol. The van der Waals surface area contributed by atoms with Crippen LogP contribution in [0.15, 0.2) is 30.5 Å². The van der Waals surface area contributed by atoms with E-state index in [9.17, 15) is 9.59 Å². The Morgan fingerprint density at radius 1 is 1.04 bits per heavy atom. The molecule has 8 rings (SSSR count). The molecule has 2 N–H and O–H groups in total. The molecule has 3 saturated heterocycles. The zero-order chi connectivity index (χ0) is 38.0. The number of halogens is 2. The first-order valence-corrected chi connectivity index (χ1v) is 19.4. The quantitative estimate of drug-likeness (QED) is 0.329. The van der Waals surface area contributed by atoms with Crippen molar-refractivity contribution in [2.75, 3.05) is 70.2 Å². The summed E-state index contributed by atoms with van der Waals surface area (Å²) < 4.78 is 44.7. The summed E-state index contributed by atoms with van der Waals surface area (Å²) in [7, 11) is 3.48. The monoisotopic (exact) mass is 749 g/mol. The molecule has 0 bridgehead atoms. The summed E-state index contributed by atoms with van der Waals surface area (Å²) in [5.74, 6) is -2.38. The number of carbonyl (C=O) groups excluding carboxylic acids is 2. The second-order valence-electron chi connectivity index (χ2n) is 16.8. The van der Waals surface area contributed by atoms with Crippen LogP contribution in [0.25, 0.3) is 5.65 Å². The van der Waals surface area contributed by atoms with Crippen LogP contribution < -0.4 is 15.5 Å². The van der Waals surface area contributed by atoms with Crippen LogP contribution in [0.3, 0.4) is 0 Å². The minimum absolute atomic E-state index is 0.00824. The molecular formula is C39H53F2N9O4. The summed E-state index contributed by atoms with van der Waals surface area (Å²) in [4.78, 5) is 38.4. The van der Waals surface area contributed by atoms with Gasteiger partial charge in [-0.1, -0.05) is 12.1 Å². The normalized spacial score (nSPS) is 24.3. The number of anilines is 3. The Morgan fingerprint density at radius 3 is 2.48 bits per heavy atom. The second-order valence-corrected chi connectivity index (χ2v) is 16.8. The van der Waals surface area contributed by atoms with E-state index in [0.717, 1.165) is 54.6 Å². The molecule has 54 heavy (non-hydrogen) atoms. The third kappa shape index (κ3) is 6.65. The zero-order valence-corrected chi connectivity index (χ0v) is 32.0. The van der Waals surface area contributed by atoms with Crippen molar-refractivity contribution in [1.29, 1.82) is 0 Å². The van der Waals surface area contributed by atoms with Crippen LogP contribution in [0.1, 0.15) is 74.5 Å². The summed E-state index contributed by atoms with van der Waals surface area (Å²) in [5, 5.41) is 11.2. The molecule has 4 aliphatic heterocycles. The fourth-order valence-electron chi connectivity index (χ4n) is 9.06. The van der Waals surface area contributed by atoms with Crippen LogP contribution in [0, 0.1) is 5.41 Å². The number of fused-ring (bicyclic) bond motifs is 2. The van der Waals surface area contributed by atoms with Gasteiger partial charge in [-0.05, 0) is 83.0 Å². The lowest BCUT2D eigenvalue weighted by Crippen LogP contribution is -2.72. The average Bonchev–Trinajstić information content (AvgIpc) is 3.74. The maximum atomic E-state index is 16.1. The number of piperidine rings is 2. The lowest BCUT2D eigenvalue weighted by molar-refractivity contribution is -0.234. The van der Waals surface area contributed by atoms with E-state index in [1.807, 2.05) is 44.9 Å². The average molecular weight is 750 g/mol. The van der Waals surface area contributed by atoms with Crippen molar-refractivity contribution < 1.29 is 27.8 Å². The number of rotatable bonds is 8.